The third kappa shape index (κ3) is 13.0. The van der Waals surface area contributed by atoms with Crippen molar-refractivity contribution in [2.75, 3.05) is 39.6 Å². The molecule has 4 aliphatic carbocycles. The molecule has 5 fully saturated rings. The van der Waals surface area contributed by atoms with E-state index in [4.69, 9.17) is 28.4 Å². The summed E-state index contributed by atoms with van der Waals surface area (Å²) in [5.41, 5.74) is 0. The van der Waals surface area contributed by atoms with Crippen LogP contribution in [0.3, 0.4) is 0 Å². The van der Waals surface area contributed by atoms with Gasteiger partial charge in [0.2, 0.25) is 12.6 Å². The number of carbonyl (C=O) groups is 2. The van der Waals surface area contributed by atoms with Crippen LogP contribution in [0.1, 0.15) is 128 Å². The van der Waals surface area contributed by atoms with Crippen molar-refractivity contribution in [2.45, 2.75) is 141 Å². The highest BCUT2D eigenvalue weighted by Gasteiger charge is 2.35. The molecule has 0 bridgehead atoms. The summed E-state index contributed by atoms with van der Waals surface area (Å²) < 4.78 is 35.1. The number of esters is 2. The molecule has 0 N–H and O–H groups in total. The lowest BCUT2D eigenvalue weighted by Gasteiger charge is -2.39. The average molecular weight is 701 g/mol. The van der Waals surface area contributed by atoms with E-state index < -0.39 is 12.6 Å². The van der Waals surface area contributed by atoms with Gasteiger partial charge in [-0.2, -0.15) is 0 Å². The minimum atomic E-state index is -0.419. The summed E-state index contributed by atoms with van der Waals surface area (Å²) in [5, 5.41) is 0. The molecular weight excluding hydrogens is 632 g/mol. The van der Waals surface area contributed by atoms with Gasteiger partial charge in [-0.15, -0.1) is 0 Å². The lowest BCUT2D eigenvalue weighted by Crippen LogP contribution is -2.43. The van der Waals surface area contributed by atoms with Crippen molar-refractivity contribution < 1.29 is 38.0 Å². The Morgan fingerprint density at radius 2 is 0.820 bits per heavy atom. The molecule has 2 atom stereocenters. The zero-order valence-electron chi connectivity index (χ0n) is 31.0. The Balaban J connectivity index is 0.903. The van der Waals surface area contributed by atoms with Gasteiger partial charge < -0.3 is 28.4 Å². The van der Waals surface area contributed by atoms with Gasteiger partial charge >= 0.3 is 11.9 Å². The normalized spacial score (nSPS) is 35.1. The number of hydrogen-bond acceptors (Lipinski definition) is 8. The molecule has 0 unspecified atom stereocenters. The molecule has 284 valence electrons. The molecule has 0 spiro atoms. The summed E-state index contributed by atoms with van der Waals surface area (Å²) >= 11 is 0. The van der Waals surface area contributed by atoms with Crippen molar-refractivity contribution in [3.63, 3.8) is 0 Å². The molecule has 5 rings (SSSR count). The van der Waals surface area contributed by atoms with Crippen LogP contribution in [0.15, 0.2) is 25.3 Å². The van der Waals surface area contributed by atoms with Crippen molar-refractivity contribution >= 4 is 11.9 Å². The third-order valence-electron chi connectivity index (χ3n) is 13.1. The Bertz CT molecular complexity index is 919. The fourth-order valence-electron chi connectivity index (χ4n) is 9.96. The predicted molar refractivity (Wildman–Crippen MR) is 194 cm³/mol. The maximum absolute atomic E-state index is 11.2. The number of hydrogen-bond donors (Lipinski definition) is 0. The topological polar surface area (TPSA) is 89.5 Å². The van der Waals surface area contributed by atoms with E-state index in [9.17, 15) is 9.59 Å². The molecule has 4 saturated carbocycles. The van der Waals surface area contributed by atoms with Crippen LogP contribution in [0.25, 0.3) is 0 Å². The molecule has 0 radical (unpaired) electrons. The maximum atomic E-state index is 11.2. The highest BCUT2D eigenvalue weighted by atomic mass is 16.8. The summed E-state index contributed by atoms with van der Waals surface area (Å²) in [4.78, 5) is 22.5. The minimum absolute atomic E-state index is 0.309. The summed E-state index contributed by atoms with van der Waals surface area (Å²) in [6.45, 7) is 10.6. The average Bonchev–Trinajstić information content (AvgIpc) is 3.17. The largest absolute Gasteiger partial charge is 0.463 e. The lowest BCUT2D eigenvalue weighted by molar-refractivity contribution is -0.325. The number of rotatable bonds is 18. The van der Waals surface area contributed by atoms with Gasteiger partial charge in [0.1, 0.15) is 0 Å². The fourth-order valence-corrected chi connectivity index (χ4v) is 9.96. The lowest BCUT2D eigenvalue weighted by atomic mass is 9.69. The highest BCUT2D eigenvalue weighted by molar-refractivity contribution is 5.81. The van der Waals surface area contributed by atoms with Gasteiger partial charge in [0, 0.05) is 12.2 Å². The van der Waals surface area contributed by atoms with Crippen molar-refractivity contribution in [2.24, 2.45) is 47.3 Å². The molecule has 8 heteroatoms. The smallest absolute Gasteiger partial charge is 0.330 e. The van der Waals surface area contributed by atoms with Crippen LogP contribution in [0.2, 0.25) is 0 Å². The van der Waals surface area contributed by atoms with Gasteiger partial charge in [-0.1, -0.05) is 38.8 Å². The standard InChI is InChI=1S/C42H68O8/c1-3-39(43)45-25-5-7-31-9-17-35(18-10-31)37-21-13-33(14-22-37)29-49-41-42(48-28-27-47-41)50-30-34-15-23-38(24-16-34)36-19-11-32(12-20-36)8-6-26-46-40(44)4-2/h3-4,31-38,41-42H,1-2,5-30H2/t31?,32?,33?,34?,35?,36?,37?,38?,41-,42-/m0/s1. The van der Waals surface area contributed by atoms with Crippen LogP contribution in [-0.2, 0) is 38.0 Å². The molecule has 1 heterocycles. The highest BCUT2D eigenvalue weighted by Crippen LogP contribution is 2.44. The van der Waals surface area contributed by atoms with Crippen LogP contribution in [-0.4, -0.2) is 64.2 Å². The van der Waals surface area contributed by atoms with Gasteiger partial charge in [-0.3, -0.25) is 0 Å². The zero-order valence-corrected chi connectivity index (χ0v) is 31.0. The van der Waals surface area contributed by atoms with Crippen molar-refractivity contribution in [1.29, 1.82) is 0 Å². The van der Waals surface area contributed by atoms with Gasteiger partial charge in [0.25, 0.3) is 0 Å². The van der Waals surface area contributed by atoms with Crippen molar-refractivity contribution in [1.82, 2.24) is 0 Å². The first-order valence-electron chi connectivity index (χ1n) is 20.6. The first-order chi connectivity index (χ1) is 24.5. The Hall–Kier alpha value is -1.74. The molecule has 1 saturated heterocycles. The van der Waals surface area contributed by atoms with E-state index in [1.165, 1.54) is 128 Å². The van der Waals surface area contributed by atoms with E-state index >= 15 is 0 Å². The Kier molecular flexibility index (Phi) is 17.1. The summed E-state index contributed by atoms with van der Waals surface area (Å²) in [6, 6.07) is 0. The molecule has 50 heavy (non-hydrogen) atoms. The van der Waals surface area contributed by atoms with Crippen LogP contribution in [0.4, 0.5) is 0 Å². The van der Waals surface area contributed by atoms with E-state index in [1.807, 2.05) is 0 Å². The van der Waals surface area contributed by atoms with Gasteiger partial charge in [0.15, 0.2) is 0 Å². The van der Waals surface area contributed by atoms with Crippen LogP contribution < -0.4 is 0 Å². The Morgan fingerprint density at radius 3 is 1.14 bits per heavy atom. The molecule has 5 aliphatic rings. The van der Waals surface area contributed by atoms with E-state index in [1.54, 1.807) is 0 Å². The third-order valence-corrected chi connectivity index (χ3v) is 13.1. The van der Waals surface area contributed by atoms with Crippen molar-refractivity contribution in [3.05, 3.63) is 25.3 Å². The van der Waals surface area contributed by atoms with Crippen molar-refractivity contribution in [3.8, 4) is 0 Å². The Morgan fingerprint density at radius 1 is 0.500 bits per heavy atom. The van der Waals surface area contributed by atoms with Gasteiger partial charge in [0.05, 0.1) is 39.6 Å². The number of carbonyl (C=O) groups excluding carboxylic acids is 2. The molecule has 0 amide bonds. The summed E-state index contributed by atoms with van der Waals surface area (Å²) in [5.74, 6) is 5.64. The predicted octanol–water partition coefficient (Wildman–Crippen LogP) is 8.96. The van der Waals surface area contributed by atoms with Crippen LogP contribution in [0.5, 0.6) is 0 Å². The molecule has 0 aromatic heterocycles. The maximum Gasteiger partial charge on any atom is 0.330 e. The van der Waals surface area contributed by atoms with E-state index in [0.717, 1.165) is 61.6 Å². The summed E-state index contributed by atoms with van der Waals surface area (Å²) in [6.07, 6.45) is 26.9. The molecular formula is C42H68O8. The van der Waals surface area contributed by atoms with E-state index in [-0.39, 0.29) is 11.9 Å². The van der Waals surface area contributed by atoms with Gasteiger partial charge in [-0.05, 0) is 150 Å². The van der Waals surface area contributed by atoms with Gasteiger partial charge in [-0.25, -0.2) is 9.59 Å². The quantitative estimate of drug-likeness (QED) is 0.0796. The molecule has 1 aliphatic heterocycles. The van der Waals surface area contributed by atoms with E-state index in [2.05, 4.69) is 13.2 Å². The Labute approximate surface area is 302 Å². The number of ether oxygens (including phenoxy) is 6. The van der Waals surface area contributed by atoms with Crippen LogP contribution in [0, 0.1) is 47.3 Å². The first-order valence-corrected chi connectivity index (χ1v) is 20.6. The summed E-state index contributed by atoms with van der Waals surface area (Å²) in [7, 11) is 0. The fraction of sp³-hybridized carbons (Fsp3) is 0.857. The first kappa shape index (κ1) is 39.5. The molecule has 0 aromatic carbocycles. The molecule has 0 aromatic rings. The second-order valence-corrected chi connectivity index (χ2v) is 16.3. The van der Waals surface area contributed by atoms with Crippen LogP contribution >= 0.6 is 0 Å². The molecule has 8 nitrogen and oxygen atoms in total. The second-order valence-electron chi connectivity index (χ2n) is 16.3. The van der Waals surface area contributed by atoms with E-state index in [0.29, 0.717) is 38.3 Å². The minimum Gasteiger partial charge on any atom is -0.463 e. The second kappa shape index (κ2) is 21.7. The zero-order chi connectivity index (χ0) is 35.0. The monoisotopic (exact) mass is 700 g/mol. The SMILES string of the molecule is C=CC(=O)OCCCC1CCC(C2CCC(CO[C@@H]3OCCO[C@H]3OCC3CCC(C4CCC(CCCOC(=O)C=C)CC4)CC3)CC2)CC1.